The molecule has 1 unspecified atom stereocenters. The first-order valence-corrected chi connectivity index (χ1v) is 8.18. The Morgan fingerprint density at radius 3 is 2.67 bits per heavy atom. The fourth-order valence-corrected chi connectivity index (χ4v) is 3.71. The van der Waals surface area contributed by atoms with E-state index in [2.05, 4.69) is 4.72 Å². The molecule has 0 saturated carbocycles. The molecule has 0 spiro atoms. The molecule has 1 atom stereocenters. The van der Waals surface area contributed by atoms with Crippen molar-refractivity contribution in [3.05, 3.63) is 22.4 Å². The Morgan fingerprint density at radius 1 is 1.56 bits per heavy atom. The van der Waals surface area contributed by atoms with Gasteiger partial charge in [-0.1, -0.05) is 26.8 Å². The topological polar surface area (TPSA) is 70.0 Å². The molecule has 100 valence electrons. The Balaban J connectivity index is 2.74. The molecule has 18 heavy (non-hydrogen) atoms. The van der Waals surface area contributed by atoms with Gasteiger partial charge in [0.25, 0.3) is 0 Å². The molecule has 1 heterocycles. The SMILES string of the molecule is CCC(C#N)S(=O)(=O)NCC(C)(C)c1cccs1. The van der Waals surface area contributed by atoms with Crippen LogP contribution < -0.4 is 4.72 Å². The van der Waals surface area contributed by atoms with Crippen molar-refractivity contribution in [3.8, 4) is 6.07 Å². The van der Waals surface area contributed by atoms with Crippen LogP contribution in [0.3, 0.4) is 0 Å². The minimum absolute atomic E-state index is 0.269. The fourth-order valence-electron chi connectivity index (χ4n) is 1.51. The van der Waals surface area contributed by atoms with Gasteiger partial charge in [0.05, 0.1) is 6.07 Å². The number of rotatable bonds is 6. The Bertz CT molecular complexity index is 513. The number of thiophene rings is 1. The maximum Gasteiger partial charge on any atom is 0.227 e. The molecule has 4 nitrogen and oxygen atoms in total. The molecule has 0 fully saturated rings. The average Bonchev–Trinajstić information content (AvgIpc) is 2.82. The van der Waals surface area contributed by atoms with E-state index in [-0.39, 0.29) is 5.41 Å². The van der Waals surface area contributed by atoms with Crippen molar-refractivity contribution in [2.45, 2.75) is 37.9 Å². The van der Waals surface area contributed by atoms with Gasteiger partial charge in [0.2, 0.25) is 10.0 Å². The van der Waals surface area contributed by atoms with Crippen LogP contribution in [0.15, 0.2) is 17.5 Å². The van der Waals surface area contributed by atoms with Gasteiger partial charge in [-0.3, -0.25) is 0 Å². The van der Waals surface area contributed by atoms with E-state index in [4.69, 9.17) is 5.26 Å². The van der Waals surface area contributed by atoms with Crippen LogP contribution in [0.1, 0.15) is 32.1 Å². The molecule has 0 aliphatic carbocycles. The van der Waals surface area contributed by atoms with Crippen molar-refractivity contribution < 1.29 is 8.42 Å². The summed E-state index contributed by atoms with van der Waals surface area (Å²) in [6.07, 6.45) is 0.297. The third kappa shape index (κ3) is 3.55. The molecule has 0 aromatic carbocycles. The van der Waals surface area contributed by atoms with E-state index in [0.717, 1.165) is 4.88 Å². The van der Waals surface area contributed by atoms with Gasteiger partial charge >= 0.3 is 0 Å². The van der Waals surface area contributed by atoms with Crippen molar-refractivity contribution in [1.29, 1.82) is 5.26 Å². The van der Waals surface area contributed by atoms with Crippen molar-refractivity contribution in [2.75, 3.05) is 6.54 Å². The highest BCUT2D eigenvalue weighted by molar-refractivity contribution is 7.90. The van der Waals surface area contributed by atoms with Gasteiger partial charge in [0, 0.05) is 16.8 Å². The smallest absolute Gasteiger partial charge is 0.213 e. The van der Waals surface area contributed by atoms with Crippen molar-refractivity contribution in [2.24, 2.45) is 0 Å². The monoisotopic (exact) mass is 286 g/mol. The van der Waals surface area contributed by atoms with Crippen LogP contribution in [0.25, 0.3) is 0 Å². The normalized spacial score (nSPS) is 14.1. The number of hydrogen-bond donors (Lipinski definition) is 1. The average molecular weight is 286 g/mol. The zero-order chi connectivity index (χ0) is 13.8. The summed E-state index contributed by atoms with van der Waals surface area (Å²) in [7, 11) is -3.55. The fraction of sp³-hybridized carbons (Fsp3) is 0.583. The van der Waals surface area contributed by atoms with Gasteiger partial charge in [-0.2, -0.15) is 5.26 Å². The molecule has 6 heteroatoms. The number of nitrogens with zero attached hydrogens (tertiary/aromatic N) is 1. The van der Waals surface area contributed by atoms with Crippen LogP contribution in [-0.2, 0) is 15.4 Å². The Kier molecular flexibility index (Phi) is 4.91. The van der Waals surface area contributed by atoms with E-state index in [1.807, 2.05) is 37.4 Å². The third-order valence-electron chi connectivity index (χ3n) is 2.79. The molecule has 1 rings (SSSR count). The number of hydrogen-bond acceptors (Lipinski definition) is 4. The zero-order valence-electron chi connectivity index (χ0n) is 10.8. The van der Waals surface area contributed by atoms with Crippen LogP contribution in [0.5, 0.6) is 0 Å². The van der Waals surface area contributed by atoms with Crippen LogP contribution in [0.2, 0.25) is 0 Å². The first-order valence-electron chi connectivity index (χ1n) is 5.75. The highest BCUT2D eigenvalue weighted by Crippen LogP contribution is 2.26. The number of nitrogens with one attached hydrogen (secondary N) is 1. The first-order chi connectivity index (χ1) is 8.33. The molecule has 0 radical (unpaired) electrons. The van der Waals surface area contributed by atoms with Gasteiger partial charge < -0.3 is 0 Å². The second-order valence-electron chi connectivity index (χ2n) is 4.75. The predicted octanol–water partition coefficient (Wildman–Crippen LogP) is 2.25. The molecular formula is C12H18N2O2S2. The number of nitriles is 1. The maximum atomic E-state index is 11.9. The Hall–Kier alpha value is -0.900. The van der Waals surface area contributed by atoms with Crippen LogP contribution in [0.4, 0.5) is 0 Å². The van der Waals surface area contributed by atoms with Crippen molar-refractivity contribution in [3.63, 3.8) is 0 Å². The molecule has 1 aromatic rings. The van der Waals surface area contributed by atoms with Gasteiger partial charge in [-0.05, 0) is 17.9 Å². The molecule has 0 saturated heterocycles. The van der Waals surface area contributed by atoms with Crippen LogP contribution >= 0.6 is 11.3 Å². The summed E-state index contributed by atoms with van der Waals surface area (Å²) < 4.78 is 26.3. The summed E-state index contributed by atoms with van der Waals surface area (Å²) in [5.74, 6) is 0. The Labute approximate surface area is 113 Å². The number of sulfonamides is 1. The third-order valence-corrected chi connectivity index (χ3v) is 5.76. The summed E-state index contributed by atoms with van der Waals surface area (Å²) in [6.45, 7) is 5.95. The van der Waals surface area contributed by atoms with Gasteiger partial charge in [0.15, 0.2) is 5.25 Å². The largest absolute Gasteiger partial charge is 0.227 e. The standard InChI is InChI=1S/C12H18N2O2S2/c1-4-10(8-13)18(15,16)14-9-12(2,3)11-6-5-7-17-11/h5-7,10,14H,4,9H2,1-3H3. The summed E-state index contributed by atoms with van der Waals surface area (Å²) in [5.41, 5.74) is -0.269. The lowest BCUT2D eigenvalue weighted by Gasteiger charge is -2.24. The van der Waals surface area contributed by atoms with Gasteiger partial charge in [0.1, 0.15) is 0 Å². The summed E-state index contributed by atoms with van der Waals surface area (Å²) in [4.78, 5) is 1.12. The van der Waals surface area contributed by atoms with E-state index in [1.165, 1.54) is 0 Å². The molecule has 0 bridgehead atoms. The lowest BCUT2D eigenvalue weighted by atomic mass is 9.92. The molecule has 0 aliphatic rings. The minimum Gasteiger partial charge on any atom is -0.213 e. The molecular weight excluding hydrogens is 268 g/mol. The second-order valence-corrected chi connectivity index (χ2v) is 7.65. The second kappa shape index (κ2) is 5.83. The summed E-state index contributed by atoms with van der Waals surface area (Å²) in [6, 6.07) is 5.75. The maximum absolute atomic E-state index is 11.9. The highest BCUT2D eigenvalue weighted by Gasteiger charge is 2.28. The van der Waals surface area contributed by atoms with Crippen LogP contribution in [0, 0.1) is 11.3 Å². The minimum atomic E-state index is -3.55. The van der Waals surface area contributed by atoms with Gasteiger partial charge in [-0.15, -0.1) is 11.3 Å². The highest BCUT2D eigenvalue weighted by atomic mass is 32.2. The lowest BCUT2D eigenvalue weighted by molar-refractivity contribution is 0.506. The first kappa shape index (κ1) is 15.2. The quantitative estimate of drug-likeness (QED) is 0.872. The van der Waals surface area contributed by atoms with Crippen molar-refractivity contribution in [1.82, 2.24) is 4.72 Å². The van der Waals surface area contributed by atoms with E-state index in [1.54, 1.807) is 18.3 Å². The predicted molar refractivity (Wildman–Crippen MR) is 74.0 cm³/mol. The Morgan fingerprint density at radius 2 is 2.22 bits per heavy atom. The summed E-state index contributed by atoms with van der Waals surface area (Å²) >= 11 is 1.60. The lowest BCUT2D eigenvalue weighted by Crippen LogP contribution is -2.40. The molecule has 1 aromatic heterocycles. The molecule has 0 aliphatic heterocycles. The molecule has 1 N–H and O–H groups in total. The van der Waals surface area contributed by atoms with E-state index in [9.17, 15) is 8.42 Å². The van der Waals surface area contributed by atoms with Crippen LogP contribution in [-0.4, -0.2) is 20.2 Å². The van der Waals surface area contributed by atoms with E-state index < -0.39 is 15.3 Å². The van der Waals surface area contributed by atoms with E-state index >= 15 is 0 Å². The van der Waals surface area contributed by atoms with E-state index in [0.29, 0.717) is 13.0 Å². The zero-order valence-corrected chi connectivity index (χ0v) is 12.4. The van der Waals surface area contributed by atoms with Crippen molar-refractivity contribution >= 4 is 21.4 Å². The molecule has 0 amide bonds. The van der Waals surface area contributed by atoms with Gasteiger partial charge in [-0.25, -0.2) is 13.1 Å². The summed E-state index contributed by atoms with van der Waals surface area (Å²) in [5, 5.41) is 9.80.